The van der Waals surface area contributed by atoms with Crippen molar-refractivity contribution in [1.29, 1.82) is 0 Å². The maximum atomic E-state index is 2.19. The van der Waals surface area contributed by atoms with Crippen molar-refractivity contribution in [3.05, 3.63) is 66.7 Å². The number of hydrogen-bond donors (Lipinski definition) is 0. The third-order valence-electron chi connectivity index (χ3n) is 3.34. The quantitative estimate of drug-likeness (QED) is 0.585. The zero-order valence-electron chi connectivity index (χ0n) is 10.4. The van der Waals surface area contributed by atoms with Gasteiger partial charge in [0.2, 0.25) is 0 Å². The van der Waals surface area contributed by atoms with Gasteiger partial charge < -0.3 is 0 Å². The molecule has 0 atom stereocenters. The maximum absolute atomic E-state index is 2.19. The van der Waals surface area contributed by atoms with E-state index in [2.05, 4.69) is 80.8 Å². The first-order chi connectivity index (χ1) is 8.88. The van der Waals surface area contributed by atoms with E-state index < -0.39 is 0 Å². The lowest BCUT2D eigenvalue weighted by Crippen LogP contribution is -2.08. The fraction of sp³-hybridized carbons (Fsp3) is 0.0588. The summed E-state index contributed by atoms with van der Waals surface area (Å²) < 4.78 is 0. The predicted molar refractivity (Wildman–Crippen MR) is 80.6 cm³/mol. The van der Waals surface area contributed by atoms with Crippen LogP contribution in [0.5, 0.6) is 0 Å². The average Bonchev–Trinajstić information content (AvgIpc) is 2.47. The third kappa shape index (κ3) is 1.93. The van der Waals surface area contributed by atoms with E-state index in [1.54, 1.807) is 0 Å². The van der Waals surface area contributed by atoms with E-state index in [-0.39, 0.29) is 0 Å². The van der Waals surface area contributed by atoms with Gasteiger partial charge in [0.05, 0.1) is 0 Å². The minimum absolute atomic E-state index is 1.26. The van der Waals surface area contributed by atoms with Crippen molar-refractivity contribution in [1.82, 2.24) is 0 Å². The molecule has 0 N–H and O–H groups in total. The molecule has 0 unspecified atom stereocenters. The van der Waals surface area contributed by atoms with Crippen LogP contribution in [0, 0.1) is 0 Å². The normalized spacial score (nSPS) is 10.5. The van der Waals surface area contributed by atoms with Gasteiger partial charge in [-0.15, -0.1) is 0 Å². The molecule has 0 spiro atoms. The van der Waals surface area contributed by atoms with E-state index in [1.807, 2.05) is 0 Å². The molecule has 0 heterocycles. The molecule has 0 nitrogen and oxygen atoms in total. The van der Waals surface area contributed by atoms with E-state index in [9.17, 15) is 0 Å². The minimum atomic E-state index is 1.26. The Kier molecular flexibility index (Phi) is 2.89. The second-order valence-electron chi connectivity index (χ2n) is 4.44. The third-order valence-corrected chi connectivity index (χ3v) is 3.34. The van der Waals surface area contributed by atoms with Gasteiger partial charge in [0.15, 0.2) is 0 Å². The molecule has 0 saturated carbocycles. The van der Waals surface area contributed by atoms with Crippen LogP contribution in [0.15, 0.2) is 66.7 Å². The smallest absolute Gasteiger partial charge is 0.0881 e. The van der Waals surface area contributed by atoms with Crippen LogP contribution in [-0.2, 0) is 0 Å². The predicted octanol–water partition coefficient (Wildman–Crippen LogP) is 3.88. The van der Waals surface area contributed by atoms with Crippen LogP contribution in [0.1, 0.15) is 0 Å². The van der Waals surface area contributed by atoms with E-state index in [0.717, 1.165) is 0 Å². The lowest BCUT2D eigenvalue weighted by molar-refractivity contribution is 1.67. The molecule has 3 aromatic rings. The van der Waals surface area contributed by atoms with Gasteiger partial charge in [-0.3, -0.25) is 0 Å². The van der Waals surface area contributed by atoms with Crippen LogP contribution < -0.4 is 5.46 Å². The first-order valence-electron chi connectivity index (χ1n) is 6.26. The van der Waals surface area contributed by atoms with Gasteiger partial charge in [-0.25, -0.2) is 0 Å². The fourth-order valence-electron chi connectivity index (χ4n) is 2.33. The Morgan fingerprint density at radius 1 is 0.722 bits per heavy atom. The SMILES string of the molecule is C[B]c1ccc(-c2cccc3ccccc23)cc1. The van der Waals surface area contributed by atoms with Gasteiger partial charge in [-0.05, 0) is 21.9 Å². The largest absolute Gasteiger partial charge is 0.148 e. The molecule has 0 saturated heterocycles. The summed E-state index contributed by atoms with van der Waals surface area (Å²) in [6, 6.07) is 23.7. The molecule has 3 aromatic carbocycles. The summed E-state index contributed by atoms with van der Waals surface area (Å²) in [4.78, 5) is 0. The highest BCUT2D eigenvalue weighted by Gasteiger charge is 2.02. The second kappa shape index (κ2) is 4.69. The van der Waals surface area contributed by atoms with Crippen LogP contribution >= 0.6 is 0 Å². The molecule has 0 aliphatic carbocycles. The Bertz CT molecular complexity index is 663. The minimum Gasteiger partial charge on any atom is -0.0881 e. The number of fused-ring (bicyclic) bond motifs is 1. The first-order valence-corrected chi connectivity index (χ1v) is 6.26. The van der Waals surface area contributed by atoms with Gasteiger partial charge in [-0.1, -0.05) is 79.0 Å². The van der Waals surface area contributed by atoms with Gasteiger partial charge >= 0.3 is 0 Å². The van der Waals surface area contributed by atoms with Crippen molar-refractivity contribution in [2.45, 2.75) is 6.82 Å². The standard InChI is InChI=1S/C17H14B/c1-18-15-11-9-14(10-12-15)17-8-4-6-13-5-2-3-7-16(13)17/h2-12H,1H3. The first kappa shape index (κ1) is 11.1. The Morgan fingerprint density at radius 2 is 1.44 bits per heavy atom. The second-order valence-corrected chi connectivity index (χ2v) is 4.44. The molecule has 0 aliphatic heterocycles. The Labute approximate surface area is 109 Å². The monoisotopic (exact) mass is 229 g/mol. The van der Waals surface area contributed by atoms with E-state index >= 15 is 0 Å². The molecular formula is C17H14B. The van der Waals surface area contributed by atoms with Crippen molar-refractivity contribution in [3.63, 3.8) is 0 Å². The van der Waals surface area contributed by atoms with Gasteiger partial charge in [-0.2, -0.15) is 0 Å². The van der Waals surface area contributed by atoms with Gasteiger partial charge in [0.25, 0.3) is 0 Å². The van der Waals surface area contributed by atoms with Crippen molar-refractivity contribution in [2.75, 3.05) is 0 Å². The summed E-state index contributed by atoms with van der Waals surface area (Å²) >= 11 is 0. The molecule has 1 heteroatoms. The van der Waals surface area contributed by atoms with Gasteiger partial charge in [0, 0.05) is 0 Å². The summed E-state index contributed by atoms with van der Waals surface area (Å²) in [5.41, 5.74) is 3.84. The van der Waals surface area contributed by atoms with Gasteiger partial charge in [0.1, 0.15) is 7.28 Å². The summed E-state index contributed by atoms with van der Waals surface area (Å²) in [6.07, 6.45) is 0. The Morgan fingerprint density at radius 3 is 2.22 bits per heavy atom. The van der Waals surface area contributed by atoms with Crippen LogP contribution in [0.3, 0.4) is 0 Å². The molecule has 0 aromatic heterocycles. The lowest BCUT2D eigenvalue weighted by Gasteiger charge is -2.07. The summed E-state index contributed by atoms with van der Waals surface area (Å²) in [7, 11) is 2.12. The van der Waals surface area contributed by atoms with Crippen LogP contribution in [0.2, 0.25) is 6.82 Å². The number of hydrogen-bond acceptors (Lipinski definition) is 0. The Hall–Kier alpha value is -2.02. The zero-order valence-corrected chi connectivity index (χ0v) is 10.4. The van der Waals surface area contributed by atoms with Crippen molar-refractivity contribution < 1.29 is 0 Å². The highest BCUT2D eigenvalue weighted by molar-refractivity contribution is 6.51. The Balaban J connectivity index is 2.18. The van der Waals surface area contributed by atoms with E-state index in [0.29, 0.717) is 0 Å². The van der Waals surface area contributed by atoms with Crippen LogP contribution in [-0.4, -0.2) is 7.28 Å². The summed E-state index contributed by atoms with van der Waals surface area (Å²) in [5.74, 6) is 0. The van der Waals surface area contributed by atoms with Crippen molar-refractivity contribution in [2.24, 2.45) is 0 Å². The molecule has 0 aliphatic rings. The van der Waals surface area contributed by atoms with Crippen LogP contribution in [0.25, 0.3) is 21.9 Å². The van der Waals surface area contributed by atoms with Crippen LogP contribution in [0.4, 0.5) is 0 Å². The van der Waals surface area contributed by atoms with E-state index in [1.165, 1.54) is 27.4 Å². The molecule has 0 bridgehead atoms. The molecule has 0 amide bonds. The summed E-state index contributed by atoms with van der Waals surface area (Å²) in [5, 5.41) is 2.61. The number of benzene rings is 3. The maximum Gasteiger partial charge on any atom is 0.148 e. The highest BCUT2D eigenvalue weighted by atomic mass is 14.1. The molecule has 85 valence electrons. The molecule has 18 heavy (non-hydrogen) atoms. The van der Waals surface area contributed by atoms with Crippen molar-refractivity contribution >= 4 is 23.5 Å². The molecular weight excluding hydrogens is 215 g/mol. The van der Waals surface area contributed by atoms with E-state index in [4.69, 9.17) is 0 Å². The average molecular weight is 229 g/mol. The highest BCUT2D eigenvalue weighted by Crippen LogP contribution is 2.27. The summed E-state index contributed by atoms with van der Waals surface area (Å²) in [6.45, 7) is 2.06. The fourth-order valence-corrected chi connectivity index (χ4v) is 2.33. The topological polar surface area (TPSA) is 0 Å². The molecule has 3 rings (SSSR count). The van der Waals surface area contributed by atoms with Crippen molar-refractivity contribution in [3.8, 4) is 11.1 Å². The molecule has 0 fully saturated rings. The zero-order chi connectivity index (χ0) is 12.4. The number of rotatable bonds is 2. The molecule has 1 radical (unpaired) electrons. The lowest BCUT2D eigenvalue weighted by atomic mass is 9.73.